The summed E-state index contributed by atoms with van der Waals surface area (Å²) >= 11 is 0. The molecule has 4 nitrogen and oxygen atoms in total. The fourth-order valence-electron chi connectivity index (χ4n) is 1.30. The monoisotopic (exact) mass is 195 g/mol. The van der Waals surface area contributed by atoms with Crippen LogP contribution >= 0.6 is 0 Å². The maximum atomic E-state index is 11.2. The number of rotatable bonds is 2. The van der Waals surface area contributed by atoms with Crippen LogP contribution in [0.25, 0.3) is 0 Å². The molecule has 4 heteroatoms. The highest BCUT2D eigenvalue weighted by molar-refractivity contribution is 5.77. The number of allylic oxidation sites excluding steroid dienone is 2. The van der Waals surface area contributed by atoms with Crippen LogP contribution in [0.1, 0.15) is 13.3 Å². The quantitative estimate of drug-likeness (QED) is 0.614. The van der Waals surface area contributed by atoms with E-state index in [0.29, 0.717) is 0 Å². The zero-order chi connectivity index (χ0) is 10.6. The van der Waals surface area contributed by atoms with Crippen molar-refractivity contribution in [3.05, 3.63) is 24.4 Å². The Morgan fingerprint density at radius 2 is 2.14 bits per heavy atom. The van der Waals surface area contributed by atoms with Crippen molar-refractivity contribution in [3.63, 3.8) is 0 Å². The second-order valence-corrected chi connectivity index (χ2v) is 3.00. The fraction of sp³-hybridized carbons (Fsp3) is 0.400. The lowest BCUT2D eigenvalue weighted by molar-refractivity contribution is -0.142. The van der Waals surface area contributed by atoms with Crippen molar-refractivity contribution in [2.75, 3.05) is 7.11 Å². The van der Waals surface area contributed by atoms with Crippen LogP contribution in [0.2, 0.25) is 0 Å². The van der Waals surface area contributed by atoms with E-state index in [2.05, 4.69) is 4.74 Å². The Labute approximate surface area is 82.8 Å². The van der Waals surface area contributed by atoms with Gasteiger partial charge in [-0.05, 0) is 6.08 Å². The van der Waals surface area contributed by atoms with Crippen LogP contribution < -0.4 is 0 Å². The largest absolute Gasteiger partial charge is 0.469 e. The van der Waals surface area contributed by atoms with Gasteiger partial charge in [0.2, 0.25) is 5.91 Å². The van der Waals surface area contributed by atoms with E-state index in [9.17, 15) is 9.59 Å². The molecule has 0 saturated carbocycles. The summed E-state index contributed by atoms with van der Waals surface area (Å²) in [6, 6.07) is -0.218. The Bertz CT molecular complexity index is 294. The molecule has 76 valence electrons. The molecule has 0 fully saturated rings. The summed E-state index contributed by atoms with van der Waals surface area (Å²) in [4.78, 5) is 23.7. The number of ether oxygens (including phenoxy) is 1. The average Bonchev–Trinajstić information content (AvgIpc) is 2.18. The topological polar surface area (TPSA) is 46.6 Å². The number of hydrogen-bond donors (Lipinski definition) is 0. The van der Waals surface area contributed by atoms with Crippen molar-refractivity contribution in [2.45, 2.75) is 19.4 Å². The predicted octanol–water partition coefficient (Wildman–Crippen LogP) is 0.850. The maximum Gasteiger partial charge on any atom is 0.307 e. The maximum absolute atomic E-state index is 11.2. The molecule has 0 aromatic rings. The summed E-state index contributed by atoms with van der Waals surface area (Å²) in [5.74, 6) is -0.402. The number of carbonyl (C=O) groups is 2. The molecule has 1 rings (SSSR count). The lowest BCUT2D eigenvalue weighted by Crippen LogP contribution is -2.36. The van der Waals surface area contributed by atoms with Crippen LogP contribution in [-0.2, 0) is 14.3 Å². The van der Waals surface area contributed by atoms with Gasteiger partial charge in [-0.3, -0.25) is 9.59 Å². The van der Waals surface area contributed by atoms with Gasteiger partial charge in [-0.15, -0.1) is 0 Å². The number of methoxy groups -OCH3 is 1. The summed E-state index contributed by atoms with van der Waals surface area (Å²) in [5.41, 5.74) is 0. The van der Waals surface area contributed by atoms with E-state index in [0.717, 1.165) is 0 Å². The first-order chi connectivity index (χ1) is 6.65. The van der Waals surface area contributed by atoms with E-state index in [1.54, 1.807) is 18.4 Å². The van der Waals surface area contributed by atoms with E-state index in [1.165, 1.54) is 18.9 Å². The molecule has 0 aromatic heterocycles. The molecule has 0 N–H and O–H groups in total. The first-order valence-electron chi connectivity index (χ1n) is 4.36. The first-order valence-corrected chi connectivity index (χ1v) is 4.36. The molecule has 1 aliphatic rings. The van der Waals surface area contributed by atoms with Crippen LogP contribution in [0.3, 0.4) is 0 Å². The highest BCUT2D eigenvalue weighted by Gasteiger charge is 2.21. The van der Waals surface area contributed by atoms with Crippen molar-refractivity contribution >= 4 is 11.9 Å². The minimum absolute atomic E-state index is 0.0838. The second kappa shape index (κ2) is 4.60. The molecular formula is C10H13NO3. The predicted molar refractivity (Wildman–Crippen MR) is 51.2 cm³/mol. The number of amides is 1. The smallest absolute Gasteiger partial charge is 0.307 e. The van der Waals surface area contributed by atoms with Gasteiger partial charge in [-0.2, -0.15) is 0 Å². The van der Waals surface area contributed by atoms with E-state index < -0.39 is 0 Å². The normalized spacial score (nSPS) is 19.6. The van der Waals surface area contributed by atoms with Gasteiger partial charge < -0.3 is 9.64 Å². The fourth-order valence-corrected chi connectivity index (χ4v) is 1.30. The second-order valence-electron chi connectivity index (χ2n) is 3.00. The van der Waals surface area contributed by atoms with Gasteiger partial charge in [0.15, 0.2) is 0 Å². The van der Waals surface area contributed by atoms with Crippen LogP contribution in [0.5, 0.6) is 0 Å². The van der Waals surface area contributed by atoms with Gasteiger partial charge >= 0.3 is 5.97 Å². The van der Waals surface area contributed by atoms with Crippen LogP contribution in [-0.4, -0.2) is 29.9 Å². The summed E-state index contributed by atoms with van der Waals surface area (Å²) in [6.45, 7) is 1.47. The van der Waals surface area contributed by atoms with Gasteiger partial charge in [-0.25, -0.2) is 0 Å². The number of carbonyl (C=O) groups excluding carboxylic acids is 2. The van der Waals surface area contributed by atoms with Gasteiger partial charge in [0.1, 0.15) is 0 Å². The first kappa shape index (κ1) is 10.5. The van der Waals surface area contributed by atoms with Crippen molar-refractivity contribution in [2.24, 2.45) is 0 Å². The molecule has 1 heterocycles. The van der Waals surface area contributed by atoms with Crippen LogP contribution in [0.15, 0.2) is 24.4 Å². The van der Waals surface area contributed by atoms with E-state index in [-0.39, 0.29) is 24.3 Å². The summed E-state index contributed by atoms with van der Waals surface area (Å²) in [7, 11) is 1.34. The molecule has 0 radical (unpaired) electrons. The molecule has 1 amide bonds. The van der Waals surface area contributed by atoms with Crippen LogP contribution in [0.4, 0.5) is 0 Å². The lowest BCUT2D eigenvalue weighted by atomic mass is 10.1. The summed E-state index contributed by atoms with van der Waals surface area (Å²) in [5, 5.41) is 0. The van der Waals surface area contributed by atoms with Crippen molar-refractivity contribution in [1.82, 2.24) is 4.90 Å². The van der Waals surface area contributed by atoms with Gasteiger partial charge in [0.05, 0.1) is 19.6 Å². The lowest BCUT2D eigenvalue weighted by Gasteiger charge is -2.26. The zero-order valence-corrected chi connectivity index (χ0v) is 8.27. The van der Waals surface area contributed by atoms with Gasteiger partial charge in [-0.1, -0.05) is 12.2 Å². The number of nitrogens with zero attached hydrogens (tertiary/aromatic N) is 1. The molecule has 0 bridgehead atoms. The molecule has 1 unspecified atom stereocenters. The van der Waals surface area contributed by atoms with E-state index in [1.807, 2.05) is 6.08 Å². The third kappa shape index (κ3) is 2.45. The summed E-state index contributed by atoms with van der Waals surface area (Å²) in [6.07, 6.45) is 7.23. The zero-order valence-electron chi connectivity index (χ0n) is 8.27. The Morgan fingerprint density at radius 3 is 2.71 bits per heavy atom. The molecule has 1 aliphatic heterocycles. The van der Waals surface area contributed by atoms with Crippen molar-refractivity contribution < 1.29 is 14.3 Å². The minimum atomic E-state index is -0.318. The Morgan fingerprint density at radius 1 is 1.43 bits per heavy atom. The minimum Gasteiger partial charge on any atom is -0.469 e. The highest BCUT2D eigenvalue weighted by atomic mass is 16.5. The third-order valence-corrected chi connectivity index (χ3v) is 2.02. The molecule has 0 spiro atoms. The molecule has 1 atom stereocenters. The average molecular weight is 195 g/mol. The Balaban J connectivity index is 2.66. The van der Waals surface area contributed by atoms with E-state index >= 15 is 0 Å². The third-order valence-electron chi connectivity index (χ3n) is 2.02. The highest BCUT2D eigenvalue weighted by Crippen LogP contribution is 2.12. The standard InChI is InChI=1S/C10H13NO3/c1-8(12)11-6-4-3-5-9(11)7-10(13)14-2/h3-6,9H,7H2,1-2H3. The van der Waals surface area contributed by atoms with E-state index in [4.69, 9.17) is 0 Å². The van der Waals surface area contributed by atoms with Crippen molar-refractivity contribution in [1.29, 1.82) is 0 Å². The number of hydrogen-bond acceptors (Lipinski definition) is 3. The Kier molecular flexibility index (Phi) is 3.45. The Hall–Kier alpha value is -1.58. The molecule has 0 saturated heterocycles. The SMILES string of the molecule is COC(=O)CC1C=CC=CN1C(C)=O. The summed E-state index contributed by atoms with van der Waals surface area (Å²) < 4.78 is 4.55. The number of esters is 1. The van der Waals surface area contributed by atoms with Gasteiger partial charge in [0.25, 0.3) is 0 Å². The molecule has 0 aliphatic carbocycles. The molecule has 14 heavy (non-hydrogen) atoms. The molecular weight excluding hydrogens is 182 g/mol. The van der Waals surface area contributed by atoms with Crippen LogP contribution in [0, 0.1) is 0 Å². The van der Waals surface area contributed by atoms with Gasteiger partial charge in [0, 0.05) is 13.1 Å². The molecule has 0 aromatic carbocycles. The van der Waals surface area contributed by atoms with Crippen molar-refractivity contribution in [3.8, 4) is 0 Å².